The van der Waals surface area contributed by atoms with Gasteiger partial charge < -0.3 is 11.5 Å². The van der Waals surface area contributed by atoms with Gasteiger partial charge >= 0.3 is 0 Å². The maximum Gasteiger partial charge on any atom is 0.0413 e. The zero-order chi connectivity index (χ0) is 14.3. The molecule has 0 aromatic heterocycles. The molecule has 1 aromatic carbocycles. The summed E-state index contributed by atoms with van der Waals surface area (Å²) in [5, 5.41) is 0. The van der Waals surface area contributed by atoms with Gasteiger partial charge in [0, 0.05) is 11.6 Å². The summed E-state index contributed by atoms with van der Waals surface area (Å²) < 4.78 is 0. The van der Waals surface area contributed by atoms with Crippen LogP contribution in [0.3, 0.4) is 0 Å². The summed E-state index contributed by atoms with van der Waals surface area (Å²) in [6.07, 6.45) is 3.01. The van der Waals surface area contributed by atoms with Crippen LogP contribution in [0.5, 0.6) is 0 Å². The molecule has 4 N–H and O–H groups in total. The van der Waals surface area contributed by atoms with Gasteiger partial charge in [-0.05, 0) is 41.7 Å². The minimum absolute atomic E-state index is 0.189. The third-order valence-corrected chi connectivity index (χ3v) is 4.67. The Labute approximate surface area is 117 Å². The summed E-state index contributed by atoms with van der Waals surface area (Å²) in [5.74, 6) is 0.501. The van der Waals surface area contributed by atoms with Crippen LogP contribution in [0, 0.1) is 5.92 Å². The van der Waals surface area contributed by atoms with Gasteiger partial charge in [-0.3, -0.25) is 0 Å². The van der Waals surface area contributed by atoms with Gasteiger partial charge in [-0.2, -0.15) is 0 Å². The number of hydrogen-bond acceptors (Lipinski definition) is 2. The van der Waals surface area contributed by atoms with E-state index in [9.17, 15) is 0 Å². The second-order valence-corrected chi connectivity index (χ2v) is 7.37. The predicted molar refractivity (Wildman–Crippen MR) is 82.0 cm³/mol. The number of nitrogens with two attached hydrogens (primary N) is 2. The quantitative estimate of drug-likeness (QED) is 0.814. The first-order chi connectivity index (χ1) is 8.72. The molecule has 1 fully saturated rings. The van der Waals surface area contributed by atoms with Crippen LogP contribution in [-0.4, -0.2) is 6.04 Å². The fourth-order valence-corrected chi connectivity index (χ4v) is 3.10. The average molecular weight is 260 g/mol. The van der Waals surface area contributed by atoms with Gasteiger partial charge in [-0.25, -0.2) is 0 Å². The zero-order valence-electron chi connectivity index (χ0n) is 12.7. The number of rotatable bonds is 1. The standard InChI is InChI=1S/C17H28N2/c1-12-11-17(19,10-9-15(12)18)14-7-5-13(6-8-14)16(2,3)4/h5-8,12,15H,9-11,18-19H2,1-4H3. The Balaban J connectivity index is 2.22. The fourth-order valence-electron chi connectivity index (χ4n) is 3.10. The predicted octanol–water partition coefficient (Wildman–Crippen LogP) is 3.29. The maximum absolute atomic E-state index is 6.64. The van der Waals surface area contributed by atoms with Gasteiger partial charge in [-0.15, -0.1) is 0 Å². The minimum Gasteiger partial charge on any atom is -0.327 e. The molecule has 2 nitrogen and oxygen atoms in total. The number of hydrogen-bond donors (Lipinski definition) is 2. The van der Waals surface area contributed by atoms with E-state index in [1.54, 1.807) is 0 Å². The van der Waals surface area contributed by atoms with Crippen LogP contribution < -0.4 is 11.5 Å². The summed E-state index contributed by atoms with van der Waals surface area (Å²) >= 11 is 0. The molecule has 1 saturated carbocycles. The second-order valence-electron chi connectivity index (χ2n) is 7.37. The van der Waals surface area contributed by atoms with Crippen molar-refractivity contribution in [1.82, 2.24) is 0 Å². The van der Waals surface area contributed by atoms with Crippen LogP contribution in [0.25, 0.3) is 0 Å². The van der Waals surface area contributed by atoms with Crippen LogP contribution in [0.2, 0.25) is 0 Å². The smallest absolute Gasteiger partial charge is 0.0413 e. The topological polar surface area (TPSA) is 52.0 Å². The van der Waals surface area contributed by atoms with Gasteiger partial charge in [0.15, 0.2) is 0 Å². The molecule has 1 aliphatic rings. The normalized spacial score (nSPS) is 32.3. The molecule has 1 aliphatic carbocycles. The Kier molecular flexibility index (Phi) is 3.76. The van der Waals surface area contributed by atoms with Gasteiger partial charge in [-0.1, -0.05) is 52.0 Å². The third kappa shape index (κ3) is 3.01. The van der Waals surface area contributed by atoms with Gasteiger partial charge in [0.2, 0.25) is 0 Å². The molecule has 0 aliphatic heterocycles. The van der Waals surface area contributed by atoms with E-state index >= 15 is 0 Å². The lowest BCUT2D eigenvalue weighted by Gasteiger charge is -2.40. The first-order valence-electron chi connectivity index (χ1n) is 7.38. The van der Waals surface area contributed by atoms with Crippen molar-refractivity contribution in [3.05, 3.63) is 35.4 Å². The van der Waals surface area contributed by atoms with Crippen LogP contribution in [0.1, 0.15) is 58.1 Å². The van der Waals surface area contributed by atoms with Gasteiger partial charge in [0.25, 0.3) is 0 Å². The molecule has 2 heteroatoms. The highest BCUT2D eigenvalue weighted by molar-refractivity contribution is 5.32. The fraction of sp³-hybridized carbons (Fsp3) is 0.647. The molecule has 1 aromatic rings. The average Bonchev–Trinajstić information content (AvgIpc) is 2.34. The Morgan fingerprint density at radius 1 is 1.16 bits per heavy atom. The molecule has 3 unspecified atom stereocenters. The lowest BCUT2D eigenvalue weighted by molar-refractivity contribution is 0.211. The van der Waals surface area contributed by atoms with Crippen molar-refractivity contribution in [2.75, 3.05) is 0 Å². The Hall–Kier alpha value is -0.860. The first-order valence-corrected chi connectivity index (χ1v) is 7.38. The van der Waals surface area contributed by atoms with E-state index in [-0.39, 0.29) is 11.0 Å². The largest absolute Gasteiger partial charge is 0.327 e. The van der Waals surface area contributed by atoms with E-state index in [1.807, 2.05) is 0 Å². The highest BCUT2D eigenvalue weighted by Gasteiger charge is 2.36. The summed E-state index contributed by atoms with van der Waals surface area (Å²) in [4.78, 5) is 0. The first kappa shape index (κ1) is 14.5. The minimum atomic E-state index is -0.189. The molecule has 19 heavy (non-hydrogen) atoms. The van der Waals surface area contributed by atoms with Crippen LogP contribution in [0.15, 0.2) is 24.3 Å². The monoisotopic (exact) mass is 260 g/mol. The molecule has 0 spiro atoms. The summed E-state index contributed by atoms with van der Waals surface area (Å²) in [6, 6.07) is 9.19. The van der Waals surface area contributed by atoms with E-state index in [0.717, 1.165) is 19.3 Å². The Bertz CT molecular complexity index is 430. The van der Waals surface area contributed by atoms with Crippen molar-refractivity contribution in [2.24, 2.45) is 17.4 Å². The summed E-state index contributed by atoms with van der Waals surface area (Å²) in [6.45, 7) is 8.93. The van der Waals surface area contributed by atoms with Gasteiger partial charge in [0.05, 0.1) is 0 Å². The molecular weight excluding hydrogens is 232 g/mol. The number of benzene rings is 1. The molecule has 0 amide bonds. The van der Waals surface area contributed by atoms with E-state index in [4.69, 9.17) is 11.5 Å². The Morgan fingerprint density at radius 3 is 2.21 bits per heavy atom. The summed E-state index contributed by atoms with van der Waals surface area (Å²) in [5.41, 5.74) is 15.4. The molecular formula is C17H28N2. The maximum atomic E-state index is 6.64. The molecule has 0 radical (unpaired) electrons. The van der Waals surface area contributed by atoms with E-state index in [0.29, 0.717) is 12.0 Å². The molecule has 3 atom stereocenters. The highest BCUT2D eigenvalue weighted by atomic mass is 14.8. The molecule has 2 rings (SSSR count). The SMILES string of the molecule is CC1CC(N)(c2ccc(C(C)(C)C)cc2)CCC1N. The second kappa shape index (κ2) is 4.92. The van der Waals surface area contributed by atoms with Crippen molar-refractivity contribution >= 4 is 0 Å². The van der Waals surface area contributed by atoms with Crippen LogP contribution in [0.4, 0.5) is 0 Å². The van der Waals surface area contributed by atoms with Crippen LogP contribution >= 0.6 is 0 Å². The van der Waals surface area contributed by atoms with E-state index < -0.39 is 0 Å². The molecule has 106 valence electrons. The van der Waals surface area contributed by atoms with E-state index in [2.05, 4.69) is 52.0 Å². The summed E-state index contributed by atoms with van der Waals surface area (Å²) in [7, 11) is 0. The van der Waals surface area contributed by atoms with Crippen molar-refractivity contribution in [2.45, 2.75) is 64.0 Å². The van der Waals surface area contributed by atoms with Crippen LogP contribution in [-0.2, 0) is 11.0 Å². The lowest BCUT2D eigenvalue weighted by Crippen LogP contribution is -2.47. The lowest BCUT2D eigenvalue weighted by atomic mass is 9.71. The van der Waals surface area contributed by atoms with Crippen molar-refractivity contribution < 1.29 is 0 Å². The van der Waals surface area contributed by atoms with Crippen molar-refractivity contribution in [3.63, 3.8) is 0 Å². The molecule has 0 heterocycles. The Morgan fingerprint density at radius 2 is 1.74 bits per heavy atom. The van der Waals surface area contributed by atoms with Gasteiger partial charge in [0.1, 0.15) is 0 Å². The van der Waals surface area contributed by atoms with E-state index in [1.165, 1.54) is 11.1 Å². The third-order valence-electron chi connectivity index (χ3n) is 4.67. The zero-order valence-corrected chi connectivity index (χ0v) is 12.7. The van der Waals surface area contributed by atoms with Crippen molar-refractivity contribution in [1.29, 1.82) is 0 Å². The molecule has 0 bridgehead atoms. The van der Waals surface area contributed by atoms with Crippen molar-refractivity contribution in [3.8, 4) is 0 Å². The molecule has 0 saturated heterocycles. The highest BCUT2D eigenvalue weighted by Crippen LogP contribution is 2.38.